The summed E-state index contributed by atoms with van der Waals surface area (Å²) in [6.45, 7) is 4.01. The highest BCUT2D eigenvalue weighted by Gasteiger charge is 2.23. The molecule has 0 aliphatic carbocycles. The van der Waals surface area contributed by atoms with Crippen LogP contribution in [-0.4, -0.2) is 42.3 Å². The van der Waals surface area contributed by atoms with Gasteiger partial charge in [-0.3, -0.25) is 9.59 Å². The van der Waals surface area contributed by atoms with E-state index < -0.39 is 17.4 Å². The van der Waals surface area contributed by atoms with Crippen LogP contribution in [0.15, 0.2) is 18.2 Å². The molecule has 0 spiro atoms. The van der Waals surface area contributed by atoms with Crippen LogP contribution in [0.3, 0.4) is 0 Å². The standard InChI is InChI=1S/C15H18F2N2O2/c1-10-9-18-6-7-19(10)15(21)5-4-14(20)12-3-2-11(16)8-13(12)17/h2-3,8,10,18H,4-7,9H2,1H3/t10-/m0/s1. The first-order valence-electron chi connectivity index (χ1n) is 6.97. The third-order valence-electron chi connectivity index (χ3n) is 3.62. The van der Waals surface area contributed by atoms with E-state index in [1.54, 1.807) is 4.90 Å². The van der Waals surface area contributed by atoms with Gasteiger partial charge in [-0.15, -0.1) is 0 Å². The number of nitrogens with zero attached hydrogens (tertiary/aromatic N) is 1. The highest BCUT2D eigenvalue weighted by molar-refractivity contribution is 5.98. The third kappa shape index (κ3) is 3.85. The molecule has 1 heterocycles. The lowest BCUT2D eigenvalue weighted by Gasteiger charge is -2.34. The number of ketones is 1. The van der Waals surface area contributed by atoms with Gasteiger partial charge in [0.15, 0.2) is 5.78 Å². The van der Waals surface area contributed by atoms with Gasteiger partial charge in [0.25, 0.3) is 0 Å². The minimum absolute atomic E-state index is 0.0417. The Labute approximate surface area is 122 Å². The van der Waals surface area contributed by atoms with Crippen LogP contribution in [0.5, 0.6) is 0 Å². The molecule has 1 saturated heterocycles. The smallest absolute Gasteiger partial charge is 0.223 e. The highest BCUT2D eigenvalue weighted by Crippen LogP contribution is 2.14. The van der Waals surface area contributed by atoms with Gasteiger partial charge in [0.2, 0.25) is 5.91 Å². The highest BCUT2D eigenvalue weighted by atomic mass is 19.1. The summed E-state index contributed by atoms with van der Waals surface area (Å²) in [6, 6.07) is 2.92. The molecule has 0 aromatic heterocycles. The summed E-state index contributed by atoms with van der Waals surface area (Å²) in [5, 5.41) is 3.18. The van der Waals surface area contributed by atoms with Gasteiger partial charge in [-0.2, -0.15) is 0 Å². The Balaban J connectivity index is 1.92. The van der Waals surface area contributed by atoms with Crippen LogP contribution in [0.2, 0.25) is 0 Å². The average Bonchev–Trinajstić information content (AvgIpc) is 2.45. The normalized spacial score (nSPS) is 18.6. The van der Waals surface area contributed by atoms with Crippen LogP contribution in [0.1, 0.15) is 30.1 Å². The van der Waals surface area contributed by atoms with Crippen LogP contribution < -0.4 is 5.32 Å². The minimum Gasteiger partial charge on any atom is -0.337 e. The van der Waals surface area contributed by atoms with E-state index in [1.807, 2.05) is 6.92 Å². The van der Waals surface area contributed by atoms with Crippen molar-refractivity contribution in [2.75, 3.05) is 19.6 Å². The third-order valence-corrected chi connectivity index (χ3v) is 3.62. The number of hydrogen-bond donors (Lipinski definition) is 1. The summed E-state index contributed by atoms with van der Waals surface area (Å²) in [6.07, 6.45) is -0.0297. The summed E-state index contributed by atoms with van der Waals surface area (Å²) in [5.41, 5.74) is -0.169. The molecular weight excluding hydrogens is 278 g/mol. The first kappa shape index (κ1) is 15.6. The maximum Gasteiger partial charge on any atom is 0.223 e. The fraction of sp³-hybridized carbons (Fsp3) is 0.467. The zero-order chi connectivity index (χ0) is 15.4. The zero-order valence-electron chi connectivity index (χ0n) is 11.9. The van der Waals surface area contributed by atoms with Crippen molar-refractivity contribution in [2.24, 2.45) is 0 Å². The lowest BCUT2D eigenvalue weighted by molar-refractivity contribution is -0.133. The molecule has 0 bridgehead atoms. The molecule has 1 N–H and O–H groups in total. The monoisotopic (exact) mass is 296 g/mol. The second kappa shape index (κ2) is 6.76. The van der Waals surface area contributed by atoms with Gasteiger partial charge >= 0.3 is 0 Å². The molecular formula is C15H18F2N2O2. The van der Waals surface area contributed by atoms with Gasteiger partial charge in [0, 0.05) is 44.6 Å². The molecule has 0 saturated carbocycles. The molecule has 4 nitrogen and oxygen atoms in total. The van der Waals surface area contributed by atoms with Crippen molar-refractivity contribution in [2.45, 2.75) is 25.8 Å². The topological polar surface area (TPSA) is 49.4 Å². The van der Waals surface area contributed by atoms with Crippen LogP contribution >= 0.6 is 0 Å². The van der Waals surface area contributed by atoms with Gasteiger partial charge < -0.3 is 10.2 Å². The first-order valence-corrected chi connectivity index (χ1v) is 6.97. The van der Waals surface area contributed by atoms with Crippen molar-refractivity contribution in [1.29, 1.82) is 0 Å². The largest absolute Gasteiger partial charge is 0.337 e. The van der Waals surface area contributed by atoms with E-state index in [-0.39, 0.29) is 30.4 Å². The van der Waals surface area contributed by atoms with Crippen molar-refractivity contribution < 1.29 is 18.4 Å². The summed E-state index contributed by atoms with van der Waals surface area (Å²) >= 11 is 0. The Hall–Kier alpha value is -1.82. The number of carbonyl (C=O) groups is 2. The number of Topliss-reactive ketones (excluding diaryl/α,β-unsaturated/α-hetero) is 1. The second-order valence-electron chi connectivity index (χ2n) is 5.19. The quantitative estimate of drug-likeness (QED) is 0.861. The number of benzene rings is 1. The van der Waals surface area contributed by atoms with Crippen molar-refractivity contribution in [3.8, 4) is 0 Å². The average molecular weight is 296 g/mol. The summed E-state index contributed by atoms with van der Waals surface area (Å²) < 4.78 is 26.3. The zero-order valence-corrected chi connectivity index (χ0v) is 11.9. The molecule has 1 aromatic rings. The van der Waals surface area contributed by atoms with Crippen molar-refractivity contribution in [3.63, 3.8) is 0 Å². The summed E-state index contributed by atoms with van der Waals surface area (Å²) in [5.74, 6) is -2.21. The number of halogens is 2. The fourth-order valence-electron chi connectivity index (χ4n) is 2.43. The van der Waals surface area contributed by atoms with Crippen molar-refractivity contribution in [1.82, 2.24) is 10.2 Å². The van der Waals surface area contributed by atoms with Crippen molar-refractivity contribution >= 4 is 11.7 Å². The van der Waals surface area contributed by atoms with Gasteiger partial charge in [-0.25, -0.2) is 8.78 Å². The SMILES string of the molecule is C[C@H]1CNCCN1C(=O)CCC(=O)c1ccc(F)cc1F. The molecule has 6 heteroatoms. The Morgan fingerprint density at radius 2 is 2.10 bits per heavy atom. The molecule has 0 radical (unpaired) electrons. The maximum atomic E-state index is 13.5. The van der Waals surface area contributed by atoms with E-state index in [0.717, 1.165) is 25.2 Å². The predicted octanol–water partition coefficient (Wildman–Crippen LogP) is 1.75. The molecule has 2 rings (SSSR count). The van der Waals surface area contributed by atoms with E-state index in [0.29, 0.717) is 12.6 Å². The van der Waals surface area contributed by atoms with Crippen LogP contribution in [0.25, 0.3) is 0 Å². The minimum atomic E-state index is -0.886. The molecule has 114 valence electrons. The lowest BCUT2D eigenvalue weighted by Crippen LogP contribution is -2.52. The number of hydrogen-bond acceptors (Lipinski definition) is 3. The Morgan fingerprint density at radius 1 is 1.33 bits per heavy atom. The number of amides is 1. The molecule has 1 aliphatic heterocycles. The molecule has 1 amide bonds. The van der Waals surface area contributed by atoms with Gasteiger partial charge in [-0.1, -0.05) is 0 Å². The lowest BCUT2D eigenvalue weighted by atomic mass is 10.0. The van der Waals surface area contributed by atoms with E-state index in [2.05, 4.69) is 5.32 Å². The first-order chi connectivity index (χ1) is 9.99. The predicted molar refractivity (Wildman–Crippen MR) is 74.0 cm³/mol. The van der Waals surface area contributed by atoms with Gasteiger partial charge in [0.05, 0.1) is 5.56 Å². The van der Waals surface area contributed by atoms with Crippen LogP contribution in [0, 0.1) is 11.6 Å². The summed E-state index contributed by atoms with van der Waals surface area (Å²) in [7, 11) is 0. The van der Waals surface area contributed by atoms with Crippen molar-refractivity contribution in [3.05, 3.63) is 35.4 Å². The maximum absolute atomic E-state index is 13.5. The van der Waals surface area contributed by atoms with Crippen LogP contribution in [-0.2, 0) is 4.79 Å². The molecule has 1 atom stereocenters. The Morgan fingerprint density at radius 3 is 2.76 bits per heavy atom. The Kier molecular flexibility index (Phi) is 5.01. The molecule has 1 aliphatic rings. The molecule has 0 unspecified atom stereocenters. The van der Waals surface area contributed by atoms with E-state index in [4.69, 9.17) is 0 Å². The van der Waals surface area contributed by atoms with Crippen LogP contribution in [0.4, 0.5) is 8.78 Å². The molecule has 21 heavy (non-hydrogen) atoms. The Bertz CT molecular complexity index is 548. The second-order valence-corrected chi connectivity index (χ2v) is 5.19. The van der Waals surface area contributed by atoms with Gasteiger partial charge in [0.1, 0.15) is 11.6 Å². The fourth-order valence-corrected chi connectivity index (χ4v) is 2.43. The van der Waals surface area contributed by atoms with E-state index in [1.165, 1.54) is 0 Å². The number of piperazine rings is 1. The number of nitrogens with one attached hydrogen (secondary N) is 1. The number of rotatable bonds is 4. The number of carbonyl (C=O) groups excluding carboxylic acids is 2. The molecule has 1 aromatic carbocycles. The van der Waals surface area contributed by atoms with E-state index in [9.17, 15) is 18.4 Å². The summed E-state index contributed by atoms with van der Waals surface area (Å²) in [4.78, 5) is 25.7. The molecule has 1 fully saturated rings. The van der Waals surface area contributed by atoms with Gasteiger partial charge in [-0.05, 0) is 19.1 Å². The van der Waals surface area contributed by atoms with E-state index >= 15 is 0 Å².